The third-order valence-electron chi connectivity index (χ3n) is 2.64. The molecular weight excluding hydrogens is 162 g/mol. The van der Waals surface area contributed by atoms with Gasteiger partial charge in [-0.25, -0.2) is 0 Å². The third kappa shape index (κ3) is 1.71. The summed E-state index contributed by atoms with van der Waals surface area (Å²) in [7, 11) is 0. The Morgan fingerprint density at radius 2 is 2.23 bits per heavy atom. The van der Waals surface area contributed by atoms with Crippen molar-refractivity contribution in [3.8, 4) is 0 Å². The minimum atomic E-state index is 0.589. The van der Waals surface area contributed by atoms with Gasteiger partial charge in [-0.15, -0.1) is 0 Å². The van der Waals surface area contributed by atoms with Gasteiger partial charge in [0.2, 0.25) is 0 Å². The molecule has 1 fully saturated rings. The lowest BCUT2D eigenvalue weighted by Gasteiger charge is -2.41. The monoisotopic (exact) mass is 177 g/mol. The van der Waals surface area contributed by atoms with Crippen molar-refractivity contribution >= 4 is 0 Å². The van der Waals surface area contributed by atoms with Gasteiger partial charge in [-0.3, -0.25) is 9.88 Å². The fourth-order valence-corrected chi connectivity index (χ4v) is 1.84. The summed E-state index contributed by atoms with van der Waals surface area (Å²) >= 11 is 0. The summed E-state index contributed by atoms with van der Waals surface area (Å²) < 4.78 is 0. The Kier molecular flexibility index (Phi) is 2.57. The van der Waals surface area contributed by atoms with Crippen LogP contribution in [0.5, 0.6) is 0 Å². The lowest BCUT2D eigenvalue weighted by Crippen LogP contribution is -2.43. The predicted octanol–water partition coefficient (Wildman–Crippen LogP) is 0.787. The van der Waals surface area contributed by atoms with Gasteiger partial charge in [0, 0.05) is 38.1 Å². The minimum absolute atomic E-state index is 0.589. The number of nitrogens with two attached hydrogens (primary N) is 1. The van der Waals surface area contributed by atoms with Crippen LogP contribution in [0.4, 0.5) is 0 Å². The molecule has 3 nitrogen and oxygen atoms in total. The second-order valence-electron chi connectivity index (χ2n) is 3.41. The fourth-order valence-electron chi connectivity index (χ4n) is 1.84. The van der Waals surface area contributed by atoms with E-state index < -0.39 is 0 Å². The summed E-state index contributed by atoms with van der Waals surface area (Å²) in [4.78, 5) is 6.43. The second kappa shape index (κ2) is 3.85. The van der Waals surface area contributed by atoms with Gasteiger partial charge in [0.15, 0.2) is 0 Å². The molecule has 2 N–H and O–H groups in total. The summed E-state index contributed by atoms with van der Waals surface area (Å²) in [5, 5.41) is 0. The number of nitrogens with zero attached hydrogens (tertiary/aromatic N) is 2. The molecule has 0 saturated carbocycles. The van der Waals surface area contributed by atoms with E-state index in [1.807, 2.05) is 12.4 Å². The Morgan fingerprint density at radius 3 is 2.77 bits per heavy atom. The molecule has 2 heterocycles. The average molecular weight is 177 g/mol. The molecule has 0 bridgehead atoms. The zero-order chi connectivity index (χ0) is 9.10. The molecule has 1 unspecified atom stereocenters. The van der Waals surface area contributed by atoms with Crippen molar-refractivity contribution in [1.82, 2.24) is 9.88 Å². The van der Waals surface area contributed by atoms with Crippen molar-refractivity contribution in [2.75, 3.05) is 19.6 Å². The molecule has 1 aliphatic rings. The van der Waals surface area contributed by atoms with E-state index in [-0.39, 0.29) is 0 Å². The Hall–Kier alpha value is -0.930. The summed E-state index contributed by atoms with van der Waals surface area (Å²) in [5.41, 5.74) is 6.90. The summed E-state index contributed by atoms with van der Waals surface area (Å²) in [6, 6.07) is 4.77. The zero-order valence-corrected chi connectivity index (χ0v) is 7.69. The molecule has 0 aromatic carbocycles. The molecule has 1 atom stereocenters. The predicted molar refractivity (Wildman–Crippen MR) is 52.2 cm³/mol. The highest BCUT2D eigenvalue weighted by molar-refractivity contribution is 5.17. The first kappa shape index (κ1) is 8.66. The van der Waals surface area contributed by atoms with Crippen LogP contribution >= 0.6 is 0 Å². The van der Waals surface area contributed by atoms with E-state index in [9.17, 15) is 0 Å². The van der Waals surface area contributed by atoms with Crippen molar-refractivity contribution in [3.63, 3.8) is 0 Å². The molecule has 1 aromatic heterocycles. The van der Waals surface area contributed by atoms with E-state index >= 15 is 0 Å². The van der Waals surface area contributed by atoms with Crippen LogP contribution < -0.4 is 5.73 Å². The highest BCUT2D eigenvalue weighted by Gasteiger charge is 2.27. The zero-order valence-electron chi connectivity index (χ0n) is 7.69. The van der Waals surface area contributed by atoms with Crippen molar-refractivity contribution in [3.05, 3.63) is 30.1 Å². The van der Waals surface area contributed by atoms with E-state index in [0.29, 0.717) is 6.04 Å². The first-order chi connectivity index (χ1) is 6.42. The Morgan fingerprint density at radius 1 is 1.46 bits per heavy atom. The number of likely N-dealkylation sites (tertiary alicyclic amines) is 1. The van der Waals surface area contributed by atoms with Crippen LogP contribution in [0.25, 0.3) is 0 Å². The molecule has 1 saturated heterocycles. The molecule has 2 rings (SSSR count). The summed E-state index contributed by atoms with van der Waals surface area (Å²) in [5.74, 6) is 0. The highest BCUT2D eigenvalue weighted by Crippen LogP contribution is 2.31. The van der Waals surface area contributed by atoms with Crippen LogP contribution in [-0.4, -0.2) is 29.5 Å². The van der Waals surface area contributed by atoms with Crippen LogP contribution in [0.3, 0.4) is 0 Å². The number of hydrogen-bond acceptors (Lipinski definition) is 3. The van der Waals surface area contributed by atoms with Crippen LogP contribution in [0, 0.1) is 0 Å². The minimum Gasteiger partial charge on any atom is -0.329 e. The smallest absolute Gasteiger partial charge is 0.0361 e. The van der Waals surface area contributed by atoms with Gasteiger partial charge in [0.05, 0.1) is 0 Å². The Labute approximate surface area is 78.6 Å². The van der Waals surface area contributed by atoms with Gasteiger partial charge in [0.1, 0.15) is 0 Å². The number of rotatable bonds is 3. The molecule has 0 spiro atoms. The van der Waals surface area contributed by atoms with Crippen LogP contribution in [0.2, 0.25) is 0 Å². The molecule has 0 radical (unpaired) electrons. The quantitative estimate of drug-likeness (QED) is 0.742. The Balaban J connectivity index is 2.02. The van der Waals surface area contributed by atoms with Crippen LogP contribution in [0.1, 0.15) is 18.0 Å². The molecule has 0 amide bonds. The largest absolute Gasteiger partial charge is 0.329 e. The fraction of sp³-hybridized carbons (Fsp3) is 0.500. The lowest BCUT2D eigenvalue weighted by molar-refractivity contribution is 0.0950. The molecule has 3 heteroatoms. The van der Waals surface area contributed by atoms with E-state index in [2.05, 4.69) is 22.0 Å². The van der Waals surface area contributed by atoms with Gasteiger partial charge in [0.25, 0.3) is 0 Å². The SMILES string of the molecule is NCCN1CCC1c1ccncc1. The van der Waals surface area contributed by atoms with E-state index in [1.54, 1.807) is 0 Å². The molecule has 13 heavy (non-hydrogen) atoms. The van der Waals surface area contributed by atoms with Crippen molar-refractivity contribution in [2.24, 2.45) is 5.73 Å². The van der Waals surface area contributed by atoms with Gasteiger partial charge >= 0.3 is 0 Å². The maximum absolute atomic E-state index is 5.53. The van der Waals surface area contributed by atoms with Gasteiger partial charge in [-0.05, 0) is 24.1 Å². The summed E-state index contributed by atoms with van der Waals surface area (Å²) in [6.45, 7) is 2.94. The molecule has 1 aliphatic heterocycles. The topological polar surface area (TPSA) is 42.1 Å². The number of hydrogen-bond donors (Lipinski definition) is 1. The van der Waals surface area contributed by atoms with E-state index in [4.69, 9.17) is 5.73 Å². The standard InChI is InChI=1S/C10H15N3/c11-4-8-13-7-3-10(13)9-1-5-12-6-2-9/h1-2,5-6,10H,3-4,7-8,11H2. The molecule has 70 valence electrons. The maximum atomic E-state index is 5.53. The van der Waals surface area contributed by atoms with E-state index in [1.165, 1.54) is 18.5 Å². The van der Waals surface area contributed by atoms with Gasteiger partial charge in [-0.1, -0.05) is 0 Å². The number of aromatic nitrogens is 1. The first-order valence-corrected chi connectivity index (χ1v) is 4.76. The van der Waals surface area contributed by atoms with E-state index in [0.717, 1.165) is 13.1 Å². The summed E-state index contributed by atoms with van der Waals surface area (Å²) in [6.07, 6.45) is 4.96. The normalized spacial score (nSPS) is 22.7. The highest BCUT2D eigenvalue weighted by atomic mass is 15.2. The third-order valence-corrected chi connectivity index (χ3v) is 2.64. The van der Waals surface area contributed by atoms with Crippen molar-refractivity contribution in [1.29, 1.82) is 0 Å². The van der Waals surface area contributed by atoms with Gasteiger partial charge in [-0.2, -0.15) is 0 Å². The molecule has 1 aromatic rings. The van der Waals surface area contributed by atoms with Crippen LogP contribution in [-0.2, 0) is 0 Å². The first-order valence-electron chi connectivity index (χ1n) is 4.76. The second-order valence-corrected chi connectivity index (χ2v) is 3.41. The number of pyridine rings is 1. The molecule has 0 aliphatic carbocycles. The maximum Gasteiger partial charge on any atom is 0.0361 e. The van der Waals surface area contributed by atoms with Crippen molar-refractivity contribution in [2.45, 2.75) is 12.5 Å². The van der Waals surface area contributed by atoms with Crippen LogP contribution in [0.15, 0.2) is 24.5 Å². The Bertz CT molecular complexity index is 260. The lowest BCUT2D eigenvalue weighted by atomic mass is 9.96. The molecular formula is C10H15N3. The average Bonchev–Trinajstić information content (AvgIpc) is 2.14. The van der Waals surface area contributed by atoms with Gasteiger partial charge < -0.3 is 5.73 Å². The van der Waals surface area contributed by atoms with Crippen molar-refractivity contribution < 1.29 is 0 Å².